The molecule has 2 aromatic rings. The van der Waals surface area contributed by atoms with Crippen molar-refractivity contribution in [3.63, 3.8) is 0 Å². The molecule has 174 valence electrons. The van der Waals surface area contributed by atoms with E-state index < -0.39 is 17.9 Å². The molecule has 0 saturated carbocycles. The number of amides is 2. The van der Waals surface area contributed by atoms with E-state index in [9.17, 15) is 9.59 Å². The number of terminal acetylenes is 1. The van der Waals surface area contributed by atoms with Crippen LogP contribution in [0.5, 0.6) is 11.5 Å². The predicted molar refractivity (Wildman–Crippen MR) is 130 cm³/mol. The number of halogens is 2. The van der Waals surface area contributed by atoms with Crippen molar-refractivity contribution in [1.82, 2.24) is 10.7 Å². The zero-order valence-electron chi connectivity index (χ0n) is 18.5. The van der Waals surface area contributed by atoms with Crippen LogP contribution >= 0.6 is 23.2 Å². The number of carbonyl (C=O) groups is 2. The molecule has 0 saturated heterocycles. The van der Waals surface area contributed by atoms with Crippen molar-refractivity contribution < 1.29 is 19.1 Å². The number of carbonyl (C=O) groups excluding carboxylic acids is 2. The molecule has 0 aromatic heterocycles. The number of rotatable bonds is 10. The molecule has 1 unspecified atom stereocenters. The summed E-state index contributed by atoms with van der Waals surface area (Å²) in [6, 6.07) is 8.85. The maximum atomic E-state index is 12.7. The largest absolute Gasteiger partial charge is 0.490 e. The topological polar surface area (TPSA) is 89.0 Å². The highest BCUT2D eigenvalue weighted by Gasteiger charge is 2.24. The molecule has 0 fully saturated rings. The number of hydrogen-bond donors (Lipinski definition) is 2. The maximum Gasteiger partial charge on any atom is 0.262 e. The SMILES string of the molecule is C#CCOc1ccc(/C=N\NC(=O)C(NC(=O)c2ccc(Cl)c(Cl)c2)C(C)C)cc1OCC. The number of nitrogens with one attached hydrogen (secondary N) is 2. The lowest BCUT2D eigenvalue weighted by atomic mass is 10.0. The van der Waals surface area contributed by atoms with Gasteiger partial charge in [-0.25, -0.2) is 5.43 Å². The van der Waals surface area contributed by atoms with E-state index in [-0.39, 0.29) is 17.5 Å². The number of nitrogens with zero attached hydrogens (tertiary/aromatic N) is 1. The second-order valence-electron chi connectivity index (χ2n) is 7.19. The number of hydrazone groups is 1. The molecular weight excluding hydrogens is 465 g/mol. The van der Waals surface area contributed by atoms with Crippen LogP contribution in [0.15, 0.2) is 41.5 Å². The van der Waals surface area contributed by atoms with Gasteiger partial charge in [0.25, 0.3) is 11.8 Å². The van der Waals surface area contributed by atoms with E-state index in [1.54, 1.807) is 18.2 Å². The average Bonchev–Trinajstić information content (AvgIpc) is 2.78. The lowest BCUT2D eigenvalue weighted by Crippen LogP contribution is -2.48. The van der Waals surface area contributed by atoms with Crippen molar-refractivity contribution in [3.05, 3.63) is 57.6 Å². The second kappa shape index (κ2) is 12.7. The summed E-state index contributed by atoms with van der Waals surface area (Å²) < 4.78 is 11.0. The number of ether oxygens (including phenoxy) is 2. The molecule has 33 heavy (non-hydrogen) atoms. The van der Waals surface area contributed by atoms with Crippen LogP contribution in [-0.4, -0.2) is 37.3 Å². The second-order valence-corrected chi connectivity index (χ2v) is 8.00. The van der Waals surface area contributed by atoms with E-state index in [0.717, 1.165) is 0 Å². The summed E-state index contributed by atoms with van der Waals surface area (Å²) in [5, 5.41) is 7.29. The fraction of sp³-hybridized carbons (Fsp3) is 0.292. The highest BCUT2D eigenvalue weighted by atomic mass is 35.5. The molecule has 0 spiro atoms. The molecule has 0 aliphatic rings. The highest BCUT2D eigenvalue weighted by Crippen LogP contribution is 2.28. The minimum absolute atomic E-state index is 0.119. The van der Waals surface area contributed by atoms with Crippen LogP contribution in [-0.2, 0) is 4.79 Å². The first-order valence-electron chi connectivity index (χ1n) is 10.2. The first-order chi connectivity index (χ1) is 15.8. The molecule has 9 heteroatoms. The molecule has 0 aliphatic carbocycles. The van der Waals surface area contributed by atoms with Gasteiger partial charge in [-0.3, -0.25) is 9.59 Å². The van der Waals surface area contributed by atoms with Crippen molar-refractivity contribution in [2.24, 2.45) is 11.0 Å². The van der Waals surface area contributed by atoms with Gasteiger partial charge in [-0.05, 0) is 54.8 Å². The van der Waals surface area contributed by atoms with Crippen LogP contribution in [0.4, 0.5) is 0 Å². The lowest BCUT2D eigenvalue weighted by Gasteiger charge is -2.20. The Kier molecular flexibility index (Phi) is 10.0. The van der Waals surface area contributed by atoms with Gasteiger partial charge in [-0.1, -0.05) is 43.0 Å². The molecule has 2 N–H and O–H groups in total. The van der Waals surface area contributed by atoms with Crippen molar-refractivity contribution in [2.45, 2.75) is 26.8 Å². The Morgan fingerprint density at radius 1 is 1.12 bits per heavy atom. The molecule has 1 atom stereocenters. The lowest BCUT2D eigenvalue weighted by molar-refractivity contribution is -0.123. The molecule has 0 aliphatic heterocycles. The number of hydrogen-bond acceptors (Lipinski definition) is 5. The molecule has 0 heterocycles. The van der Waals surface area contributed by atoms with Gasteiger partial charge in [0.1, 0.15) is 12.6 Å². The first kappa shape index (κ1) is 26.0. The fourth-order valence-corrected chi connectivity index (χ4v) is 3.05. The van der Waals surface area contributed by atoms with Crippen molar-refractivity contribution in [2.75, 3.05) is 13.2 Å². The molecular formula is C24H25Cl2N3O4. The van der Waals surface area contributed by atoms with Crippen LogP contribution < -0.4 is 20.2 Å². The minimum atomic E-state index is -0.817. The van der Waals surface area contributed by atoms with Crippen molar-refractivity contribution >= 4 is 41.2 Å². The maximum absolute atomic E-state index is 12.7. The van der Waals surface area contributed by atoms with Crippen molar-refractivity contribution in [3.8, 4) is 23.8 Å². The van der Waals surface area contributed by atoms with E-state index in [1.165, 1.54) is 24.4 Å². The van der Waals surface area contributed by atoms with Gasteiger partial charge < -0.3 is 14.8 Å². The average molecular weight is 490 g/mol. The molecule has 2 rings (SSSR count). The van der Waals surface area contributed by atoms with Gasteiger partial charge in [0.05, 0.1) is 22.9 Å². The fourth-order valence-electron chi connectivity index (χ4n) is 2.75. The monoisotopic (exact) mass is 489 g/mol. The van der Waals surface area contributed by atoms with E-state index in [2.05, 4.69) is 21.8 Å². The summed E-state index contributed by atoms with van der Waals surface area (Å²) >= 11 is 11.9. The van der Waals surface area contributed by atoms with Crippen LogP contribution in [0.1, 0.15) is 36.7 Å². The minimum Gasteiger partial charge on any atom is -0.490 e. The zero-order chi connectivity index (χ0) is 24.4. The Morgan fingerprint density at radius 2 is 1.88 bits per heavy atom. The van der Waals surface area contributed by atoms with Crippen LogP contribution in [0.2, 0.25) is 10.0 Å². The van der Waals surface area contributed by atoms with Gasteiger partial charge in [0.2, 0.25) is 0 Å². The Hall–Kier alpha value is -3.21. The van der Waals surface area contributed by atoms with Gasteiger partial charge in [-0.2, -0.15) is 5.10 Å². The van der Waals surface area contributed by atoms with E-state index in [4.69, 9.17) is 39.1 Å². The first-order valence-corrected chi connectivity index (χ1v) is 10.9. The standard InChI is InChI=1S/C24H25Cl2N3O4/c1-5-11-33-20-10-7-16(12-21(20)32-6-2)14-27-29-24(31)22(15(3)4)28-23(30)17-8-9-18(25)19(26)13-17/h1,7-10,12-15,22H,6,11H2,2-4H3,(H,28,30)(H,29,31)/b27-14-. The summed E-state index contributed by atoms with van der Waals surface area (Å²) in [6.45, 7) is 6.04. The quantitative estimate of drug-likeness (QED) is 0.295. The third kappa shape index (κ3) is 7.70. The number of benzene rings is 2. The molecule has 0 radical (unpaired) electrons. The van der Waals surface area contributed by atoms with Crippen LogP contribution in [0.25, 0.3) is 0 Å². The Morgan fingerprint density at radius 3 is 2.52 bits per heavy atom. The summed E-state index contributed by atoms with van der Waals surface area (Å²) in [7, 11) is 0. The smallest absolute Gasteiger partial charge is 0.262 e. The van der Waals surface area contributed by atoms with Crippen LogP contribution in [0, 0.1) is 18.3 Å². The third-order valence-corrected chi connectivity index (χ3v) is 5.12. The zero-order valence-corrected chi connectivity index (χ0v) is 20.0. The predicted octanol–water partition coefficient (Wildman–Crippen LogP) is 4.31. The highest BCUT2D eigenvalue weighted by molar-refractivity contribution is 6.42. The van der Waals surface area contributed by atoms with Crippen molar-refractivity contribution in [1.29, 1.82) is 0 Å². The molecule has 0 bridgehead atoms. The Balaban J connectivity index is 2.06. The van der Waals surface area contributed by atoms with Crippen LogP contribution in [0.3, 0.4) is 0 Å². The van der Waals surface area contributed by atoms with Gasteiger partial charge in [0, 0.05) is 5.56 Å². The van der Waals surface area contributed by atoms with Gasteiger partial charge >= 0.3 is 0 Å². The molecule has 2 aromatic carbocycles. The summed E-state index contributed by atoms with van der Waals surface area (Å²) in [4.78, 5) is 25.2. The van der Waals surface area contributed by atoms with E-state index >= 15 is 0 Å². The van der Waals surface area contributed by atoms with Gasteiger partial charge in [-0.15, -0.1) is 6.42 Å². The normalized spacial score (nSPS) is 11.7. The Bertz CT molecular complexity index is 1060. The van der Waals surface area contributed by atoms with E-state index in [1.807, 2.05) is 20.8 Å². The van der Waals surface area contributed by atoms with E-state index in [0.29, 0.717) is 34.3 Å². The summed E-state index contributed by atoms with van der Waals surface area (Å²) in [5.74, 6) is 2.32. The summed E-state index contributed by atoms with van der Waals surface area (Å²) in [5.41, 5.74) is 3.43. The molecule has 7 nitrogen and oxygen atoms in total. The summed E-state index contributed by atoms with van der Waals surface area (Å²) in [6.07, 6.45) is 6.69. The molecule has 2 amide bonds. The third-order valence-electron chi connectivity index (χ3n) is 4.38. The Labute approximate surface area is 203 Å². The van der Waals surface area contributed by atoms with Gasteiger partial charge in [0.15, 0.2) is 11.5 Å².